The lowest BCUT2D eigenvalue weighted by Crippen LogP contribution is -2.46. The average molecular weight is 322 g/mol. The minimum atomic E-state index is -0.194. The van der Waals surface area contributed by atoms with Crippen LogP contribution in [0.1, 0.15) is 5.56 Å². The van der Waals surface area contributed by atoms with Crippen LogP contribution in [0.25, 0.3) is 10.9 Å². The first-order chi connectivity index (χ1) is 11.7. The topological polar surface area (TPSA) is 32.3 Å². The summed E-state index contributed by atoms with van der Waals surface area (Å²) in [5, 5.41) is 1.10. The van der Waals surface area contributed by atoms with Crippen molar-refractivity contribution in [1.82, 2.24) is 9.97 Å². The molecule has 1 aromatic heterocycles. The number of aryl methyl sites for hydroxylation is 1. The Bertz CT molecular complexity index is 855. The predicted molar refractivity (Wildman–Crippen MR) is 95.1 cm³/mol. The maximum absolute atomic E-state index is 13.1. The smallest absolute Gasteiger partial charge is 0.140 e. The highest BCUT2D eigenvalue weighted by molar-refractivity contribution is 5.91. The standard InChI is InChI=1S/C19H19FN4/c1-14-3-2-4-17-18(14)21-13-22-19(17)24-11-9-23(10-12-24)16-7-5-15(20)6-8-16/h2-8,13H,9-12H2,1H3. The van der Waals surface area contributed by atoms with E-state index in [0.29, 0.717) is 0 Å². The van der Waals surface area contributed by atoms with Crippen LogP contribution in [0.2, 0.25) is 0 Å². The van der Waals surface area contributed by atoms with E-state index in [9.17, 15) is 4.39 Å². The Morgan fingerprint density at radius 2 is 1.58 bits per heavy atom. The summed E-state index contributed by atoms with van der Waals surface area (Å²) in [6.45, 7) is 5.63. The molecule has 2 aromatic carbocycles. The van der Waals surface area contributed by atoms with Crippen molar-refractivity contribution in [2.45, 2.75) is 6.92 Å². The van der Waals surface area contributed by atoms with E-state index in [4.69, 9.17) is 0 Å². The van der Waals surface area contributed by atoms with E-state index in [1.54, 1.807) is 6.33 Å². The summed E-state index contributed by atoms with van der Waals surface area (Å²) in [5.41, 5.74) is 3.25. The molecule has 0 spiro atoms. The minimum absolute atomic E-state index is 0.194. The van der Waals surface area contributed by atoms with Gasteiger partial charge in [-0.25, -0.2) is 14.4 Å². The quantitative estimate of drug-likeness (QED) is 0.724. The Morgan fingerprint density at radius 1 is 0.875 bits per heavy atom. The van der Waals surface area contributed by atoms with Crippen LogP contribution in [0.3, 0.4) is 0 Å². The van der Waals surface area contributed by atoms with Gasteiger partial charge in [-0.2, -0.15) is 0 Å². The molecule has 1 saturated heterocycles. The maximum atomic E-state index is 13.1. The Labute approximate surface area is 140 Å². The van der Waals surface area contributed by atoms with Gasteiger partial charge in [0, 0.05) is 37.3 Å². The van der Waals surface area contributed by atoms with E-state index < -0.39 is 0 Å². The number of nitrogens with zero attached hydrogens (tertiary/aromatic N) is 4. The number of para-hydroxylation sites is 1. The van der Waals surface area contributed by atoms with Crippen LogP contribution in [0.15, 0.2) is 48.8 Å². The highest BCUT2D eigenvalue weighted by Crippen LogP contribution is 2.26. The number of benzene rings is 2. The SMILES string of the molecule is Cc1cccc2c(N3CCN(c4ccc(F)cc4)CC3)ncnc12. The van der Waals surface area contributed by atoms with Crippen LogP contribution in [0.5, 0.6) is 0 Å². The van der Waals surface area contributed by atoms with E-state index >= 15 is 0 Å². The zero-order valence-electron chi connectivity index (χ0n) is 13.6. The lowest BCUT2D eigenvalue weighted by molar-refractivity contribution is 0.624. The van der Waals surface area contributed by atoms with E-state index in [0.717, 1.165) is 48.6 Å². The summed E-state index contributed by atoms with van der Waals surface area (Å²) in [6, 6.07) is 12.9. The molecule has 0 bridgehead atoms. The molecule has 4 rings (SSSR count). The molecule has 4 nitrogen and oxygen atoms in total. The van der Waals surface area contributed by atoms with Gasteiger partial charge in [-0.15, -0.1) is 0 Å². The summed E-state index contributed by atoms with van der Waals surface area (Å²) in [6.07, 6.45) is 1.65. The molecule has 0 aliphatic carbocycles. The third kappa shape index (κ3) is 2.66. The number of hydrogen-bond acceptors (Lipinski definition) is 4. The fourth-order valence-corrected chi connectivity index (χ4v) is 3.30. The van der Waals surface area contributed by atoms with Gasteiger partial charge in [0.25, 0.3) is 0 Å². The number of halogens is 1. The van der Waals surface area contributed by atoms with Crippen molar-refractivity contribution in [2.75, 3.05) is 36.0 Å². The van der Waals surface area contributed by atoms with E-state index in [1.165, 1.54) is 17.7 Å². The number of fused-ring (bicyclic) bond motifs is 1. The van der Waals surface area contributed by atoms with Gasteiger partial charge in [0.1, 0.15) is 18.0 Å². The van der Waals surface area contributed by atoms with Crippen molar-refractivity contribution in [3.8, 4) is 0 Å². The van der Waals surface area contributed by atoms with Crippen LogP contribution in [-0.2, 0) is 0 Å². The molecule has 1 aliphatic rings. The van der Waals surface area contributed by atoms with Gasteiger partial charge in [0.15, 0.2) is 0 Å². The number of hydrogen-bond donors (Lipinski definition) is 0. The second-order valence-corrected chi connectivity index (χ2v) is 6.12. The lowest BCUT2D eigenvalue weighted by Gasteiger charge is -2.37. The van der Waals surface area contributed by atoms with Crippen LogP contribution in [0, 0.1) is 12.7 Å². The predicted octanol–water partition coefficient (Wildman–Crippen LogP) is 3.40. The van der Waals surface area contributed by atoms with Crippen LogP contribution < -0.4 is 9.80 Å². The van der Waals surface area contributed by atoms with Gasteiger partial charge in [-0.3, -0.25) is 0 Å². The molecule has 122 valence electrons. The molecule has 2 heterocycles. The monoisotopic (exact) mass is 322 g/mol. The molecule has 0 saturated carbocycles. The number of aromatic nitrogens is 2. The number of piperazine rings is 1. The zero-order chi connectivity index (χ0) is 16.5. The number of rotatable bonds is 2. The first kappa shape index (κ1) is 14.9. The molecular formula is C19H19FN4. The third-order valence-corrected chi connectivity index (χ3v) is 4.62. The van der Waals surface area contributed by atoms with E-state index in [1.807, 2.05) is 12.1 Å². The molecule has 0 atom stereocenters. The van der Waals surface area contributed by atoms with Gasteiger partial charge in [0.2, 0.25) is 0 Å². The van der Waals surface area contributed by atoms with Crippen LogP contribution in [0.4, 0.5) is 15.9 Å². The molecule has 1 aliphatic heterocycles. The molecule has 0 amide bonds. The van der Waals surface area contributed by atoms with Crippen LogP contribution >= 0.6 is 0 Å². The molecule has 24 heavy (non-hydrogen) atoms. The normalized spacial score (nSPS) is 15.1. The Hall–Kier alpha value is -2.69. The molecule has 3 aromatic rings. The molecule has 0 radical (unpaired) electrons. The fourth-order valence-electron chi connectivity index (χ4n) is 3.30. The lowest BCUT2D eigenvalue weighted by atomic mass is 10.1. The van der Waals surface area contributed by atoms with Gasteiger partial charge in [0.05, 0.1) is 5.52 Å². The summed E-state index contributed by atoms with van der Waals surface area (Å²) in [5.74, 6) is 0.808. The second-order valence-electron chi connectivity index (χ2n) is 6.12. The van der Waals surface area contributed by atoms with Crippen LogP contribution in [-0.4, -0.2) is 36.1 Å². The van der Waals surface area contributed by atoms with Gasteiger partial charge in [-0.05, 0) is 42.8 Å². The Balaban J connectivity index is 1.56. The van der Waals surface area contributed by atoms with Crippen molar-refractivity contribution in [3.05, 3.63) is 60.2 Å². The second kappa shape index (κ2) is 6.07. The Kier molecular flexibility index (Phi) is 3.76. The number of anilines is 2. The first-order valence-electron chi connectivity index (χ1n) is 8.18. The van der Waals surface area contributed by atoms with Crippen molar-refractivity contribution in [1.29, 1.82) is 0 Å². The molecule has 0 unspecified atom stereocenters. The zero-order valence-corrected chi connectivity index (χ0v) is 13.6. The fraction of sp³-hybridized carbons (Fsp3) is 0.263. The van der Waals surface area contributed by atoms with Crippen molar-refractivity contribution in [3.63, 3.8) is 0 Å². The summed E-state index contributed by atoms with van der Waals surface area (Å²) >= 11 is 0. The van der Waals surface area contributed by atoms with Crippen molar-refractivity contribution < 1.29 is 4.39 Å². The largest absolute Gasteiger partial charge is 0.368 e. The maximum Gasteiger partial charge on any atom is 0.140 e. The first-order valence-corrected chi connectivity index (χ1v) is 8.18. The van der Waals surface area contributed by atoms with Gasteiger partial charge >= 0.3 is 0 Å². The summed E-state index contributed by atoms with van der Waals surface area (Å²) < 4.78 is 13.1. The summed E-state index contributed by atoms with van der Waals surface area (Å²) in [4.78, 5) is 13.5. The highest BCUT2D eigenvalue weighted by Gasteiger charge is 2.20. The highest BCUT2D eigenvalue weighted by atomic mass is 19.1. The molecule has 1 fully saturated rings. The molecule has 5 heteroatoms. The Morgan fingerprint density at radius 3 is 2.33 bits per heavy atom. The van der Waals surface area contributed by atoms with Crippen molar-refractivity contribution in [2.24, 2.45) is 0 Å². The summed E-state index contributed by atoms with van der Waals surface area (Å²) in [7, 11) is 0. The molecular weight excluding hydrogens is 303 g/mol. The van der Waals surface area contributed by atoms with Crippen molar-refractivity contribution >= 4 is 22.4 Å². The van der Waals surface area contributed by atoms with E-state index in [-0.39, 0.29) is 5.82 Å². The van der Waals surface area contributed by atoms with E-state index in [2.05, 4.69) is 44.9 Å². The molecule has 0 N–H and O–H groups in total. The average Bonchev–Trinajstić information content (AvgIpc) is 2.63. The van der Waals surface area contributed by atoms with Gasteiger partial charge in [-0.1, -0.05) is 12.1 Å². The van der Waals surface area contributed by atoms with Gasteiger partial charge < -0.3 is 9.80 Å². The minimum Gasteiger partial charge on any atom is -0.368 e. The third-order valence-electron chi connectivity index (χ3n) is 4.62.